The van der Waals surface area contributed by atoms with Crippen molar-refractivity contribution in [2.75, 3.05) is 19.6 Å². The maximum Gasteiger partial charge on any atom is 0.252 e. The van der Waals surface area contributed by atoms with Crippen molar-refractivity contribution in [1.82, 2.24) is 4.31 Å². The average Bonchev–Trinajstić information content (AvgIpc) is 2.70. The molecule has 1 aromatic rings. The minimum absolute atomic E-state index is 0.290. The Morgan fingerprint density at radius 3 is 2.89 bits per heavy atom. The lowest BCUT2D eigenvalue weighted by atomic mass is 10.0. The third-order valence-corrected chi connectivity index (χ3v) is 7.69. The monoisotopic (exact) mass is 352 g/mol. The van der Waals surface area contributed by atoms with Crippen LogP contribution in [0.5, 0.6) is 0 Å². The fourth-order valence-corrected chi connectivity index (χ4v) is 6.06. The molecule has 2 rings (SSSR count). The van der Waals surface area contributed by atoms with E-state index in [1.165, 1.54) is 11.3 Å². The number of aryl methyl sites for hydroxylation is 1. The standard InChI is InChI=1S/C11H17BrN2O2S2/c1-8-5-10(17-11(8)12)18(15,16)14-4-2-3-9(6-13)7-14/h5,9H,2-4,6-7,13H2,1H3. The first kappa shape index (κ1) is 14.5. The van der Waals surface area contributed by atoms with Crippen molar-refractivity contribution in [3.05, 3.63) is 15.4 Å². The highest BCUT2D eigenvalue weighted by Crippen LogP contribution is 2.33. The van der Waals surface area contributed by atoms with Crippen LogP contribution in [-0.4, -0.2) is 32.4 Å². The topological polar surface area (TPSA) is 63.4 Å². The van der Waals surface area contributed by atoms with E-state index in [4.69, 9.17) is 5.73 Å². The Morgan fingerprint density at radius 1 is 1.61 bits per heavy atom. The number of rotatable bonds is 3. The van der Waals surface area contributed by atoms with Crippen LogP contribution in [0, 0.1) is 12.8 Å². The van der Waals surface area contributed by atoms with E-state index in [2.05, 4.69) is 15.9 Å². The molecular weight excluding hydrogens is 336 g/mol. The molecule has 0 radical (unpaired) electrons. The zero-order valence-electron chi connectivity index (χ0n) is 10.2. The van der Waals surface area contributed by atoms with Gasteiger partial charge in [-0.25, -0.2) is 8.42 Å². The maximum absolute atomic E-state index is 12.5. The summed E-state index contributed by atoms with van der Waals surface area (Å²) in [6.07, 6.45) is 1.92. The van der Waals surface area contributed by atoms with Crippen LogP contribution in [0.25, 0.3) is 0 Å². The van der Waals surface area contributed by atoms with Crippen LogP contribution in [0.2, 0.25) is 0 Å². The summed E-state index contributed by atoms with van der Waals surface area (Å²) < 4.78 is 27.9. The van der Waals surface area contributed by atoms with Gasteiger partial charge in [0.2, 0.25) is 0 Å². The smallest absolute Gasteiger partial charge is 0.252 e. The lowest BCUT2D eigenvalue weighted by molar-refractivity contribution is 0.272. The predicted octanol–water partition coefficient (Wildman–Crippen LogP) is 2.18. The molecule has 1 aliphatic rings. The molecule has 1 atom stereocenters. The van der Waals surface area contributed by atoms with E-state index in [0.29, 0.717) is 23.8 Å². The molecule has 1 unspecified atom stereocenters. The van der Waals surface area contributed by atoms with Crippen molar-refractivity contribution >= 4 is 37.3 Å². The molecule has 1 saturated heterocycles. The van der Waals surface area contributed by atoms with E-state index in [0.717, 1.165) is 22.2 Å². The number of nitrogens with two attached hydrogens (primary N) is 1. The van der Waals surface area contributed by atoms with E-state index in [9.17, 15) is 8.42 Å². The molecule has 4 nitrogen and oxygen atoms in total. The van der Waals surface area contributed by atoms with E-state index >= 15 is 0 Å². The lowest BCUT2D eigenvalue weighted by Crippen LogP contribution is -2.41. The van der Waals surface area contributed by atoms with Crippen molar-refractivity contribution < 1.29 is 8.42 Å². The average molecular weight is 353 g/mol. The third kappa shape index (κ3) is 2.80. The Bertz CT molecular complexity index is 508. The molecule has 2 N–H and O–H groups in total. The van der Waals surface area contributed by atoms with Gasteiger partial charge in [-0.3, -0.25) is 0 Å². The summed E-state index contributed by atoms with van der Waals surface area (Å²) in [5.74, 6) is 0.290. The first-order valence-electron chi connectivity index (χ1n) is 5.91. The highest BCUT2D eigenvalue weighted by atomic mass is 79.9. The molecule has 0 aliphatic carbocycles. The molecule has 0 bridgehead atoms. The van der Waals surface area contributed by atoms with Gasteiger partial charge in [-0.1, -0.05) is 0 Å². The minimum atomic E-state index is -3.34. The van der Waals surface area contributed by atoms with Gasteiger partial charge in [0, 0.05) is 13.1 Å². The van der Waals surface area contributed by atoms with Crippen molar-refractivity contribution in [2.45, 2.75) is 24.0 Å². The molecular formula is C11H17BrN2O2S2. The van der Waals surface area contributed by atoms with Gasteiger partial charge in [-0.15, -0.1) is 11.3 Å². The summed E-state index contributed by atoms with van der Waals surface area (Å²) in [5, 5.41) is 0. The highest BCUT2D eigenvalue weighted by Gasteiger charge is 2.31. The van der Waals surface area contributed by atoms with Crippen LogP contribution < -0.4 is 5.73 Å². The molecule has 1 aromatic heterocycles. The molecule has 0 spiro atoms. The lowest BCUT2D eigenvalue weighted by Gasteiger charge is -2.30. The van der Waals surface area contributed by atoms with Gasteiger partial charge in [-0.2, -0.15) is 4.31 Å². The molecule has 0 amide bonds. The first-order valence-corrected chi connectivity index (χ1v) is 8.96. The Labute approximate surface area is 120 Å². The van der Waals surface area contributed by atoms with Gasteiger partial charge < -0.3 is 5.73 Å². The van der Waals surface area contributed by atoms with Crippen LogP contribution in [0.3, 0.4) is 0 Å². The van der Waals surface area contributed by atoms with Crippen LogP contribution >= 0.6 is 27.3 Å². The second-order valence-electron chi connectivity index (χ2n) is 4.63. The number of hydrogen-bond donors (Lipinski definition) is 1. The highest BCUT2D eigenvalue weighted by molar-refractivity contribution is 9.11. The van der Waals surface area contributed by atoms with Crippen molar-refractivity contribution in [2.24, 2.45) is 11.7 Å². The number of halogens is 1. The van der Waals surface area contributed by atoms with Gasteiger partial charge in [0.15, 0.2) is 0 Å². The zero-order valence-corrected chi connectivity index (χ0v) is 13.4. The van der Waals surface area contributed by atoms with Gasteiger partial charge >= 0.3 is 0 Å². The summed E-state index contributed by atoms with van der Waals surface area (Å²) in [7, 11) is -3.34. The Hall–Kier alpha value is 0.0500. The SMILES string of the molecule is Cc1cc(S(=O)(=O)N2CCCC(CN)C2)sc1Br. The Morgan fingerprint density at radius 2 is 2.33 bits per heavy atom. The van der Waals surface area contributed by atoms with Crippen LogP contribution in [0.15, 0.2) is 14.1 Å². The minimum Gasteiger partial charge on any atom is -0.330 e. The molecule has 1 fully saturated rings. The van der Waals surface area contributed by atoms with E-state index in [1.54, 1.807) is 10.4 Å². The van der Waals surface area contributed by atoms with Gasteiger partial charge in [0.1, 0.15) is 4.21 Å². The molecule has 2 heterocycles. The molecule has 0 aromatic carbocycles. The second-order valence-corrected chi connectivity index (χ2v) is 9.16. The van der Waals surface area contributed by atoms with E-state index in [1.807, 2.05) is 6.92 Å². The number of thiophene rings is 1. The summed E-state index contributed by atoms with van der Waals surface area (Å²) in [5.41, 5.74) is 6.61. The van der Waals surface area contributed by atoms with Crippen molar-refractivity contribution in [1.29, 1.82) is 0 Å². The molecule has 1 aliphatic heterocycles. The van der Waals surface area contributed by atoms with Crippen LogP contribution in [-0.2, 0) is 10.0 Å². The molecule has 102 valence electrons. The van der Waals surface area contributed by atoms with Crippen molar-refractivity contribution in [3.8, 4) is 0 Å². The van der Waals surface area contributed by atoms with Gasteiger partial charge in [-0.05, 0) is 59.8 Å². The maximum atomic E-state index is 12.5. The van der Waals surface area contributed by atoms with Crippen LogP contribution in [0.4, 0.5) is 0 Å². The molecule has 7 heteroatoms. The Kier molecular flexibility index (Phi) is 4.48. The largest absolute Gasteiger partial charge is 0.330 e. The van der Waals surface area contributed by atoms with Gasteiger partial charge in [0.25, 0.3) is 10.0 Å². The number of hydrogen-bond acceptors (Lipinski definition) is 4. The van der Waals surface area contributed by atoms with Gasteiger partial charge in [0.05, 0.1) is 3.79 Å². The molecule has 18 heavy (non-hydrogen) atoms. The first-order chi connectivity index (χ1) is 8.45. The fourth-order valence-electron chi connectivity index (χ4n) is 2.12. The summed E-state index contributed by atoms with van der Waals surface area (Å²) in [6.45, 7) is 3.61. The Balaban J connectivity index is 2.25. The summed E-state index contributed by atoms with van der Waals surface area (Å²) in [6, 6.07) is 1.73. The predicted molar refractivity (Wildman–Crippen MR) is 77.3 cm³/mol. The number of nitrogens with zero attached hydrogens (tertiary/aromatic N) is 1. The van der Waals surface area contributed by atoms with Crippen LogP contribution in [0.1, 0.15) is 18.4 Å². The quantitative estimate of drug-likeness (QED) is 0.906. The summed E-state index contributed by atoms with van der Waals surface area (Å²) >= 11 is 4.65. The number of piperidine rings is 1. The fraction of sp³-hybridized carbons (Fsp3) is 0.636. The zero-order chi connectivity index (χ0) is 13.3. The summed E-state index contributed by atoms with van der Waals surface area (Å²) in [4.78, 5) is 0. The van der Waals surface area contributed by atoms with E-state index < -0.39 is 10.0 Å². The normalized spacial score (nSPS) is 22.3. The number of sulfonamides is 1. The van der Waals surface area contributed by atoms with E-state index in [-0.39, 0.29) is 5.92 Å². The van der Waals surface area contributed by atoms with Crippen molar-refractivity contribution in [3.63, 3.8) is 0 Å². The second kappa shape index (κ2) is 5.58. The molecule has 0 saturated carbocycles. The third-order valence-electron chi connectivity index (χ3n) is 3.24.